The normalized spacial score (nSPS) is 10.4. The molecule has 11 heteroatoms. The van der Waals surface area contributed by atoms with E-state index in [4.69, 9.17) is 18.3 Å². The molecule has 2 heterocycles. The Morgan fingerprint density at radius 2 is 1.81 bits per heavy atom. The van der Waals surface area contributed by atoms with Gasteiger partial charge in [0.05, 0.1) is 20.3 Å². The second-order valence-corrected chi connectivity index (χ2v) is 4.86. The molecule has 0 aliphatic heterocycles. The highest BCUT2D eigenvalue weighted by atomic mass is 16.6. The Hall–Kier alpha value is -3.89. The molecule has 0 saturated carbocycles. The van der Waals surface area contributed by atoms with Gasteiger partial charge in [-0.25, -0.2) is 0 Å². The van der Waals surface area contributed by atoms with Crippen molar-refractivity contribution in [3.63, 3.8) is 0 Å². The van der Waals surface area contributed by atoms with E-state index in [9.17, 15) is 14.9 Å². The predicted molar refractivity (Wildman–Crippen MR) is 86.2 cm³/mol. The third kappa shape index (κ3) is 3.45. The highest BCUT2D eigenvalue weighted by Gasteiger charge is 2.20. The standard InChI is InChI=1S/C15H12N4O7/c1-23-9-5-8(6-10(7-9)24-2)14-17-18-15(26-14)16-13(20)11-3-4-12(25-11)19(21)22/h3-7H,1-2H3,(H,16,18,20). The number of methoxy groups -OCH3 is 2. The number of nitrogens with one attached hydrogen (secondary N) is 1. The maximum Gasteiger partial charge on any atom is 0.433 e. The number of carbonyl (C=O) groups excluding carboxylic acids is 1. The monoisotopic (exact) mass is 360 g/mol. The van der Waals surface area contributed by atoms with E-state index in [0.717, 1.165) is 12.1 Å². The van der Waals surface area contributed by atoms with Crippen LogP contribution < -0.4 is 14.8 Å². The largest absolute Gasteiger partial charge is 0.497 e. The van der Waals surface area contributed by atoms with Crippen molar-refractivity contribution in [1.29, 1.82) is 0 Å². The average molecular weight is 360 g/mol. The molecular weight excluding hydrogens is 348 g/mol. The summed E-state index contributed by atoms with van der Waals surface area (Å²) in [4.78, 5) is 21.8. The van der Waals surface area contributed by atoms with Crippen LogP contribution in [0.5, 0.6) is 11.5 Å². The highest BCUT2D eigenvalue weighted by molar-refractivity contribution is 6.01. The quantitative estimate of drug-likeness (QED) is 0.518. The molecule has 0 aliphatic rings. The summed E-state index contributed by atoms with van der Waals surface area (Å²) in [5.74, 6) is -0.430. The van der Waals surface area contributed by atoms with Gasteiger partial charge in [-0.05, 0) is 18.2 Å². The number of benzene rings is 1. The molecule has 11 nitrogen and oxygen atoms in total. The molecule has 0 saturated heterocycles. The maximum absolute atomic E-state index is 12.0. The fourth-order valence-electron chi connectivity index (χ4n) is 2.03. The Bertz CT molecular complexity index is 940. The third-order valence-corrected chi connectivity index (χ3v) is 3.24. The summed E-state index contributed by atoms with van der Waals surface area (Å²) in [5, 5.41) is 20.4. The summed E-state index contributed by atoms with van der Waals surface area (Å²) in [6.45, 7) is 0. The molecule has 1 amide bonds. The van der Waals surface area contributed by atoms with Gasteiger partial charge in [-0.2, -0.15) is 0 Å². The average Bonchev–Trinajstić information content (AvgIpc) is 3.30. The number of ether oxygens (including phenoxy) is 2. The van der Waals surface area contributed by atoms with E-state index in [1.807, 2.05) is 0 Å². The van der Waals surface area contributed by atoms with Crippen molar-refractivity contribution in [1.82, 2.24) is 10.2 Å². The Balaban J connectivity index is 1.79. The lowest BCUT2D eigenvalue weighted by Gasteiger charge is -2.05. The number of amides is 1. The van der Waals surface area contributed by atoms with Gasteiger partial charge in [-0.15, -0.1) is 5.10 Å². The number of carbonyl (C=O) groups is 1. The van der Waals surface area contributed by atoms with E-state index < -0.39 is 16.7 Å². The Kier molecular flexibility index (Phi) is 4.51. The molecule has 0 aliphatic carbocycles. The lowest BCUT2D eigenvalue weighted by atomic mass is 10.2. The fraction of sp³-hybridized carbons (Fsp3) is 0.133. The van der Waals surface area contributed by atoms with Crippen molar-refractivity contribution in [3.05, 3.63) is 46.2 Å². The molecule has 3 rings (SSSR count). The van der Waals surface area contributed by atoms with Gasteiger partial charge in [0.15, 0.2) is 5.76 Å². The van der Waals surface area contributed by atoms with Crippen LogP contribution in [0.25, 0.3) is 11.5 Å². The Labute approximate surface area is 145 Å². The van der Waals surface area contributed by atoms with E-state index in [2.05, 4.69) is 15.5 Å². The fourth-order valence-corrected chi connectivity index (χ4v) is 2.03. The molecule has 1 aromatic carbocycles. The van der Waals surface area contributed by atoms with Crippen molar-refractivity contribution in [2.24, 2.45) is 0 Å². The van der Waals surface area contributed by atoms with Crippen molar-refractivity contribution in [2.75, 3.05) is 19.5 Å². The summed E-state index contributed by atoms with van der Waals surface area (Å²) >= 11 is 0. The minimum Gasteiger partial charge on any atom is -0.497 e. The minimum atomic E-state index is -0.767. The molecule has 0 radical (unpaired) electrons. The van der Waals surface area contributed by atoms with E-state index in [0.29, 0.717) is 17.1 Å². The van der Waals surface area contributed by atoms with Gasteiger partial charge in [-0.3, -0.25) is 20.2 Å². The zero-order valence-corrected chi connectivity index (χ0v) is 13.6. The van der Waals surface area contributed by atoms with E-state index in [1.54, 1.807) is 18.2 Å². The summed E-state index contributed by atoms with van der Waals surface area (Å²) < 4.78 is 20.5. The second kappa shape index (κ2) is 6.93. The summed E-state index contributed by atoms with van der Waals surface area (Å²) in [6, 6.07) is 7.00. The first kappa shape index (κ1) is 17.0. The number of hydrogen-bond acceptors (Lipinski definition) is 9. The molecule has 0 bridgehead atoms. The molecular formula is C15H12N4O7. The topological polar surface area (TPSA) is 143 Å². The van der Waals surface area contributed by atoms with Crippen LogP contribution in [0.3, 0.4) is 0 Å². The Morgan fingerprint density at radius 1 is 1.12 bits per heavy atom. The second-order valence-electron chi connectivity index (χ2n) is 4.86. The van der Waals surface area contributed by atoms with Crippen LogP contribution in [-0.4, -0.2) is 35.2 Å². The summed E-state index contributed by atoms with van der Waals surface area (Å²) in [7, 11) is 3.00. The van der Waals surface area contributed by atoms with Gasteiger partial charge in [0, 0.05) is 11.6 Å². The van der Waals surface area contributed by atoms with Crippen LogP contribution in [0.4, 0.5) is 11.9 Å². The van der Waals surface area contributed by atoms with Crippen LogP contribution in [0.1, 0.15) is 10.6 Å². The maximum atomic E-state index is 12.0. The lowest BCUT2D eigenvalue weighted by molar-refractivity contribution is -0.402. The number of anilines is 1. The van der Waals surface area contributed by atoms with Crippen LogP contribution >= 0.6 is 0 Å². The highest BCUT2D eigenvalue weighted by Crippen LogP contribution is 2.29. The van der Waals surface area contributed by atoms with Crippen molar-refractivity contribution in [2.45, 2.75) is 0 Å². The van der Waals surface area contributed by atoms with Crippen molar-refractivity contribution >= 4 is 17.8 Å². The SMILES string of the molecule is COc1cc(OC)cc(-c2nnc(NC(=O)c3ccc([N+](=O)[O-])o3)o2)c1. The minimum absolute atomic E-state index is 0.114. The van der Waals surface area contributed by atoms with E-state index in [1.165, 1.54) is 14.2 Å². The molecule has 26 heavy (non-hydrogen) atoms. The first-order chi connectivity index (χ1) is 12.5. The number of furan rings is 1. The Morgan fingerprint density at radius 3 is 2.38 bits per heavy atom. The van der Waals surface area contributed by atoms with Crippen molar-refractivity contribution in [3.8, 4) is 23.0 Å². The third-order valence-electron chi connectivity index (χ3n) is 3.24. The van der Waals surface area contributed by atoms with Gasteiger partial charge < -0.3 is 18.3 Å². The summed E-state index contributed by atoms with van der Waals surface area (Å²) in [6.07, 6.45) is 0. The number of hydrogen-bond donors (Lipinski definition) is 1. The molecule has 2 aromatic heterocycles. The van der Waals surface area contributed by atoms with E-state index >= 15 is 0 Å². The van der Waals surface area contributed by atoms with Gasteiger partial charge in [0.25, 0.3) is 5.91 Å². The van der Waals surface area contributed by atoms with Crippen LogP contribution in [0.15, 0.2) is 39.2 Å². The summed E-state index contributed by atoms with van der Waals surface area (Å²) in [5.41, 5.74) is 0.517. The van der Waals surface area contributed by atoms with Crippen LogP contribution in [-0.2, 0) is 0 Å². The molecule has 1 N–H and O–H groups in total. The van der Waals surface area contributed by atoms with Crippen LogP contribution in [0.2, 0.25) is 0 Å². The lowest BCUT2D eigenvalue weighted by Crippen LogP contribution is -2.11. The molecule has 0 fully saturated rings. The van der Waals surface area contributed by atoms with Crippen LogP contribution in [0, 0.1) is 10.1 Å². The molecule has 3 aromatic rings. The molecule has 0 atom stereocenters. The molecule has 0 unspecified atom stereocenters. The first-order valence-corrected chi connectivity index (χ1v) is 7.12. The number of rotatable bonds is 6. The van der Waals surface area contributed by atoms with Gasteiger partial charge >= 0.3 is 11.9 Å². The first-order valence-electron chi connectivity index (χ1n) is 7.12. The number of nitro groups is 1. The number of aromatic nitrogens is 2. The van der Waals surface area contributed by atoms with Gasteiger partial charge in [0.1, 0.15) is 16.4 Å². The zero-order chi connectivity index (χ0) is 18.7. The van der Waals surface area contributed by atoms with Gasteiger partial charge in [-0.1, -0.05) is 5.10 Å². The molecule has 0 spiro atoms. The predicted octanol–water partition coefficient (Wildman–Crippen LogP) is 2.51. The smallest absolute Gasteiger partial charge is 0.433 e. The van der Waals surface area contributed by atoms with Crippen molar-refractivity contribution < 1.29 is 28.0 Å². The van der Waals surface area contributed by atoms with Gasteiger partial charge in [0.2, 0.25) is 5.89 Å². The van der Waals surface area contributed by atoms with E-state index in [-0.39, 0.29) is 17.7 Å². The molecule has 134 valence electrons. The number of nitrogens with zero attached hydrogens (tertiary/aromatic N) is 3. The zero-order valence-electron chi connectivity index (χ0n) is 13.6.